The molecule has 4 amide bonds. The minimum absolute atomic E-state index is 0. The lowest BCUT2D eigenvalue weighted by molar-refractivity contribution is -0.135. The summed E-state index contributed by atoms with van der Waals surface area (Å²) in [5, 5.41) is 8.14. The van der Waals surface area contributed by atoms with Crippen molar-refractivity contribution in [1.29, 1.82) is 0 Å². The smallest absolute Gasteiger partial charge is 0.254 e. The molecule has 0 saturated heterocycles. The van der Waals surface area contributed by atoms with Gasteiger partial charge in [-0.3, -0.25) is 19.2 Å². The summed E-state index contributed by atoms with van der Waals surface area (Å²) >= 11 is 0. The number of carbonyl (C=O) groups excluding carboxylic acids is 4. The topological polar surface area (TPSA) is 134 Å². The van der Waals surface area contributed by atoms with Crippen LogP contribution < -0.4 is 21.7 Å². The van der Waals surface area contributed by atoms with Gasteiger partial charge in [0.15, 0.2) is 0 Å². The monoisotopic (exact) mass is 519 g/mol. The van der Waals surface area contributed by atoms with Crippen LogP contribution in [0.2, 0.25) is 0 Å². The van der Waals surface area contributed by atoms with Crippen molar-refractivity contribution >= 4 is 36.0 Å². The lowest BCUT2D eigenvalue weighted by atomic mass is 10.0. The van der Waals surface area contributed by atoms with Crippen molar-refractivity contribution in [3.63, 3.8) is 0 Å². The van der Waals surface area contributed by atoms with Gasteiger partial charge in [0.2, 0.25) is 17.7 Å². The second kappa shape index (κ2) is 13.6. The van der Waals surface area contributed by atoms with Gasteiger partial charge >= 0.3 is 0 Å². The van der Waals surface area contributed by atoms with Gasteiger partial charge in [-0.25, -0.2) is 4.39 Å². The number of nitrogens with zero attached hydrogens (tertiary/aromatic N) is 1. The minimum Gasteiger partial charge on any atom is -0.355 e. The number of fused-ring (bicyclic) bond motifs is 2. The first-order valence-electron chi connectivity index (χ1n) is 11.5. The van der Waals surface area contributed by atoms with E-state index in [4.69, 9.17) is 5.73 Å². The van der Waals surface area contributed by atoms with E-state index in [1.54, 1.807) is 30.3 Å². The zero-order valence-corrected chi connectivity index (χ0v) is 20.8. The standard InChI is InChI=1S/C25H30FN5O4.ClH/c1-16-24(34)30-21(18-7-3-2-4-8-18)14-31(23(33)13-27)15-22(32)28-11-5-6-17-9-10-20(26)19(12-17)25(35)29-16;/h2-4,7-10,12,16,21H,5-6,11,13-15,27H2,1H3,(H,28,32)(H,29,35)(H,30,34);1H/t16-,21-;/m1./s1. The van der Waals surface area contributed by atoms with Gasteiger partial charge < -0.3 is 26.6 Å². The molecule has 0 saturated carbocycles. The number of amides is 4. The molecule has 2 atom stereocenters. The Kier molecular flexibility index (Phi) is 10.8. The SMILES string of the molecule is C[C@H]1NC(=O)c2cc(ccc2F)CCCNC(=O)CN(C(=O)CN)C[C@H](c2ccccc2)NC1=O.Cl. The molecule has 0 unspecified atom stereocenters. The van der Waals surface area contributed by atoms with Crippen LogP contribution in [-0.4, -0.2) is 60.7 Å². The quantitative estimate of drug-likeness (QED) is 0.471. The van der Waals surface area contributed by atoms with E-state index >= 15 is 0 Å². The molecule has 194 valence electrons. The highest BCUT2D eigenvalue weighted by atomic mass is 35.5. The third-order valence-electron chi connectivity index (χ3n) is 5.76. The molecule has 0 spiro atoms. The molecule has 36 heavy (non-hydrogen) atoms. The summed E-state index contributed by atoms with van der Waals surface area (Å²) in [6.07, 6.45) is 1.05. The second-order valence-corrected chi connectivity index (χ2v) is 8.41. The first-order chi connectivity index (χ1) is 16.8. The fraction of sp³-hybridized carbons (Fsp3) is 0.360. The molecule has 5 N–H and O–H groups in total. The molecule has 1 heterocycles. The van der Waals surface area contributed by atoms with Gasteiger partial charge in [-0.2, -0.15) is 0 Å². The van der Waals surface area contributed by atoms with E-state index < -0.39 is 35.6 Å². The third kappa shape index (κ3) is 7.76. The highest BCUT2D eigenvalue weighted by molar-refractivity contribution is 5.97. The highest BCUT2D eigenvalue weighted by Crippen LogP contribution is 2.16. The minimum atomic E-state index is -0.991. The third-order valence-corrected chi connectivity index (χ3v) is 5.76. The van der Waals surface area contributed by atoms with Gasteiger partial charge in [0.05, 0.1) is 24.7 Å². The van der Waals surface area contributed by atoms with Crippen molar-refractivity contribution in [2.24, 2.45) is 5.73 Å². The van der Waals surface area contributed by atoms with Crippen molar-refractivity contribution in [3.05, 3.63) is 71.0 Å². The van der Waals surface area contributed by atoms with Crippen molar-refractivity contribution in [1.82, 2.24) is 20.9 Å². The molecule has 2 bridgehead atoms. The summed E-state index contributed by atoms with van der Waals surface area (Å²) in [6, 6.07) is 11.5. The van der Waals surface area contributed by atoms with Crippen LogP contribution in [0, 0.1) is 5.82 Å². The summed E-state index contributed by atoms with van der Waals surface area (Å²) in [6.45, 7) is 1.30. The van der Waals surface area contributed by atoms with E-state index in [9.17, 15) is 23.6 Å². The van der Waals surface area contributed by atoms with Crippen LogP contribution in [0.1, 0.15) is 40.9 Å². The maximum absolute atomic E-state index is 14.3. The zero-order valence-electron chi connectivity index (χ0n) is 20.0. The van der Waals surface area contributed by atoms with E-state index in [0.29, 0.717) is 24.9 Å². The number of benzene rings is 2. The van der Waals surface area contributed by atoms with Gasteiger partial charge in [-0.05, 0) is 43.0 Å². The Hall–Kier alpha value is -3.50. The van der Waals surface area contributed by atoms with Crippen molar-refractivity contribution in [2.45, 2.75) is 31.8 Å². The number of halogens is 2. The largest absolute Gasteiger partial charge is 0.355 e. The molecule has 1 aliphatic rings. The number of hydrogen-bond donors (Lipinski definition) is 4. The number of hydrogen-bond acceptors (Lipinski definition) is 5. The van der Waals surface area contributed by atoms with Crippen LogP contribution in [0.4, 0.5) is 4.39 Å². The molecule has 0 aromatic heterocycles. The number of rotatable bonds is 2. The molecule has 11 heteroatoms. The second-order valence-electron chi connectivity index (χ2n) is 8.41. The molecular formula is C25H31ClFN5O4. The fourth-order valence-corrected chi connectivity index (χ4v) is 3.81. The van der Waals surface area contributed by atoms with E-state index in [1.807, 2.05) is 6.07 Å². The molecule has 0 fully saturated rings. The molecule has 0 aliphatic carbocycles. The Labute approximate surface area is 215 Å². The van der Waals surface area contributed by atoms with E-state index in [2.05, 4.69) is 16.0 Å². The van der Waals surface area contributed by atoms with E-state index in [1.165, 1.54) is 24.0 Å². The van der Waals surface area contributed by atoms with Crippen LogP contribution in [0.3, 0.4) is 0 Å². The zero-order chi connectivity index (χ0) is 25.4. The highest BCUT2D eigenvalue weighted by Gasteiger charge is 2.26. The molecule has 0 radical (unpaired) electrons. The Morgan fingerprint density at radius 2 is 1.83 bits per heavy atom. The first-order valence-corrected chi connectivity index (χ1v) is 11.5. The number of aryl methyl sites for hydroxylation is 1. The molecular weight excluding hydrogens is 489 g/mol. The van der Waals surface area contributed by atoms with Gasteiger partial charge in [0.25, 0.3) is 5.91 Å². The fourth-order valence-electron chi connectivity index (χ4n) is 3.81. The van der Waals surface area contributed by atoms with Crippen LogP contribution in [0.5, 0.6) is 0 Å². The molecule has 3 rings (SSSR count). The Bertz CT molecular complexity index is 1090. The number of nitrogens with two attached hydrogens (primary N) is 1. The van der Waals surface area contributed by atoms with E-state index in [-0.39, 0.29) is 43.5 Å². The molecule has 2 aromatic carbocycles. The van der Waals surface area contributed by atoms with Crippen LogP contribution in [0.15, 0.2) is 48.5 Å². The van der Waals surface area contributed by atoms with Crippen molar-refractivity contribution < 1.29 is 23.6 Å². The van der Waals surface area contributed by atoms with Crippen molar-refractivity contribution in [2.75, 3.05) is 26.2 Å². The Morgan fingerprint density at radius 1 is 1.11 bits per heavy atom. The lowest BCUT2D eigenvalue weighted by Gasteiger charge is -2.29. The maximum atomic E-state index is 14.3. The molecule has 2 aromatic rings. The normalized spacial score (nSPS) is 19.8. The van der Waals surface area contributed by atoms with E-state index in [0.717, 1.165) is 5.56 Å². The Morgan fingerprint density at radius 3 is 2.53 bits per heavy atom. The van der Waals surface area contributed by atoms with Crippen LogP contribution in [-0.2, 0) is 20.8 Å². The summed E-state index contributed by atoms with van der Waals surface area (Å²) < 4.78 is 14.3. The average molecular weight is 520 g/mol. The lowest BCUT2D eigenvalue weighted by Crippen LogP contribution is -2.50. The predicted molar refractivity (Wildman–Crippen MR) is 135 cm³/mol. The molecule has 1 aliphatic heterocycles. The summed E-state index contributed by atoms with van der Waals surface area (Å²) in [5.74, 6) is -2.73. The summed E-state index contributed by atoms with van der Waals surface area (Å²) in [5.41, 5.74) is 6.83. The van der Waals surface area contributed by atoms with Crippen LogP contribution in [0.25, 0.3) is 0 Å². The maximum Gasteiger partial charge on any atom is 0.254 e. The predicted octanol–water partition coefficient (Wildman–Crippen LogP) is 1.07. The average Bonchev–Trinajstić information content (AvgIpc) is 2.85. The first kappa shape index (κ1) is 28.7. The van der Waals surface area contributed by atoms with Gasteiger partial charge in [0.1, 0.15) is 11.9 Å². The van der Waals surface area contributed by atoms with Gasteiger partial charge in [-0.15, -0.1) is 12.4 Å². The number of nitrogens with one attached hydrogen (secondary N) is 3. The summed E-state index contributed by atoms with van der Waals surface area (Å²) in [4.78, 5) is 52.1. The Balaban J connectivity index is 0.00000456. The van der Waals surface area contributed by atoms with Gasteiger partial charge in [-0.1, -0.05) is 36.4 Å². The molecule has 9 nitrogen and oxygen atoms in total. The number of carbonyl (C=O) groups is 4. The van der Waals surface area contributed by atoms with Gasteiger partial charge in [0, 0.05) is 13.1 Å². The van der Waals surface area contributed by atoms with Crippen molar-refractivity contribution in [3.8, 4) is 0 Å². The summed E-state index contributed by atoms with van der Waals surface area (Å²) in [7, 11) is 0. The van der Waals surface area contributed by atoms with Crippen LogP contribution >= 0.6 is 12.4 Å².